The third-order valence-electron chi connectivity index (χ3n) is 8.87. The SMILES string of the molecule is [2H]c1c(C)c([2H])c2c(=O)c([2H])c(SCc3cccc(F)c3F)n(CC(=O)N(C3CCN(CC([2H])([2H])OC)CC3)C([2H])([2H])c3ccc(-c4ccc(C(F)(F)F)cc4)cc3)c2c1[2H]. The molecule has 0 unspecified atom stereocenters. The van der Waals surface area contributed by atoms with Crippen LogP contribution in [0.2, 0.25) is 0 Å². The topological polar surface area (TPSA) is 54.8 Å². The van der Waals surface area contributed by atoms with Crippen LogP contribution in [0.4, 0.5) is 22.0 Å². The maximum atomic E-state index is 15.0. The largest absolute Gasteiger partial charge is 0.416 e. The summed E-state index contributed by atoms with van der Waals surface area (Å²) >= 11 is 0.688. The Hall–Kier alpha value is -4.52. The number of likely N-dealkylation sites (tertiary alicyclic amines) is 1. The van der Waals surface area contributed by atoms with Crippen molar-refractivity contribution in [3.63, 3.8) is 0 Å². The lowest BCUT2D eigenvalue weighted by atomic mass is 10.00. The summed E-state index contributed by atoms with van der Waals surface area (Å²) in [5, 5.41) is -0.699. The number of ether oxygens (including phenoxy) is 1. The highest BCUT2D eigenvalue weighted by atomic mass is 32.2. The van der Waals surface area contributed by atoms with E-state index in [9.17, 15) is 34.3 Å². The highest BCUT2D eigenvalue weighted by Gasteiger charge is 2.31. The first-order valence-corrected chi connectivity index (χ1v) is 17.6. The summed E-state index contributed by atoms with van der Waals surface area (Å²) in [7, 11) is 1.23. The molecule has 6 rings (SSSR count). The van der Waals surface area contributed by atoms with Gasteiger partial charge in [-0.2, -0.15) is 13.2 Å². The summed E-state index contributed by atoms with van der Waals surface area (Å²) in [6, 6.07) is 10.6. The molecule has 0 saturated carbocycles. The molecule has 0 spiro atoms. The van der Waals surface area contributed by atoms with E-state index in [1.807, 2.05) is 0 Å². The molecule has 53 heavy (non-hydrogen) atoms. The van der Waals surface area contributed by atoms with E-state index in [-0.39, 0.29) is 65.5 Å². The number of carbonyl (C=O) groups is 1. The van der Waals surface area contributed by atoms with Crippen LogP contribution in [-0.4, -0.2) is 59.6 Å². The fourth-order valence-electron chi connectivity index (χ4n) is 6.05. The second-order valence-electron chi connectivity index (χ2n) is 12.5. The van der Waals surface area contributed by atoms with Gasteiger partial charge in [-0.05, 0) is 66.7 Å². The predicted octanol–water partition coefficient (Wildman–Crippen LogP) is 8.71. The van der Waals surface area contributed by atoms with Crippen LogP contribution in [-0.2, 0) is 34.5 Å². The zero-order valence-corrected chi connectivity index (χ0v) is 29.6. The molecule has 0 aliphatic carbocycles. The number of benzene rings is 4. The van der Waals surface area contributed by atoms with Crippen LogP contribution >= 0.6 is 11.8 Å². The molecule has 278 valence electrons. The number of alkyl halides is 3. The molecule has 1 saturated heterocycles. The van der Waals surface area contributed by atoms with Gasteiger partial charge in [0.2, 0.25) is 5.91 Å². The number of halogens is 5. The summed E-state index contributed by atoms with van der Waals surface area (Å²) in [6.45, 7) is -3.74. The van der Waals surface area contributed by atoms with Crippen molar-refractivity contribution in [2.45, 2.75) is 55.8 Å². The maximum absolute atomic E-state index is 15.0. The maximum Gasteiger partial charge on any atom is 0.416 e. The molecule has 2 heterocycles. The van der Waals surface area contributed by atoms with E-state index in [1.54, 1.807) is 4.90 Å². The van der Waals surface area contributed by atoms with E-state index >= 15 is 0 Å². The fraction of sp³-hybridized carbons (Fsp3) is 0.317. The van der Waals surface area contributed by atoms with Crippen molar-refractivity contribution >= 4 is 28.6 Å². The van der Waals surface area contributed by atoms with Gasteiger partial charge in [0.15, 0.2) is 17.1 Å². The van der Waals surface area contributed by atoms with Crippen LogP contribution < -0.4 is 5.43 Å². The summed E-state index contributed by atoms with van der Waals surface area (Å²) in [5.41, 5.74) is -1.51. The number of carbonyl (C=O) groups excluding carboxylic acids is 1. The van der Waals surface area contributed by atoms with Crippen molar-refractivity contribution < 1.29 is 42.4 Å². The lowest BCUT2D eigenvalue weighted by Crippen LogP contribution is -2.48. The number of amides is 1. The van der Waals surface area contributed by atoms with Gasteiger partial charge in [0.1, 0.15) is 6.54 Å². The molecule has 4 aromatic carbocycles. The van der Waals surface area contributed by atoms with Gasteiger partial charge in [0.05, 0.1) is 33.6 Å². The van der Waals surface area contributed by atoms with Gasteiger partial charge in [0, 0.05) is 62.0 Å². The minimum atomic E-state index is -4.55. The summed E-state index contributed by atoms with van der Waals surface area (Å²) in [6.07, 6.45) is -4.24. The van der Waals surface area contributed by atoms with Crippen LogP contribution in [0.15, 0.2) is 101 Å². The van der Waals surface area contributed by atoms with E-state index < -0.39 is 89.9 Å². The zero-order chi connectivity index (χ0) is 44.8. The second kappa shape index (κ2) is 16.7. The van der Waals surface area contributed by atoms with Crippen molar-refractivity contribution in [3.8, 4) is 11.1 Å². The lowest BCUT2D eigenvalue weighted by molar-refractivity contribution is -0.137. The van der Waals surface area contributed by atoms with Gasteiger partial charge in [-0.15, -0.1) is 11.8 Å². The number of thioether (sulfide) groups is 1. The molecule has 0 bridgehead atoms. The Bertz CT molecular complexity index is 2520. The van der Waals surface area contributed by atoms with E-state index in [0.717, 1.165) is 27.7 Å². The summed E-state index contributed by atoms with van der Waals surface area (Å²) in [5.74, 6) is -3.59. The van der Waals surface area contributed by atoms with Crippen LogP contribution in [0, 0.1) is 18.6 Å². The molecule has 6 nitrogen and oxygen atoms in total. The molecule has 1 amide bonds. The molecule has 1 aromatic heterocycles. The Morgan fingerprint density at radius 3 is 2.34 bits per heavy atom. The highest BCUT2D eigenvalue weighted by molar-refractivity contribution is 7.98. The quantitative estimate of drug-likeness (QED) is 0.0942. The molecule has 0 radical (unpaired) electrons. The summed E-state index contributed by atoms with van der Waals surface area (Å²) in [4.78, 5) is 31.5. The highest BCUT2D eigenvalue weighted by Crippen LogP contribution is 2.32. The summed E-state index contributed by atoms with van der Waals surface area (Å²) < 4.78 is 145. The Morgan fingerprint density at radius 1 is 1.00 bits per heavy atom. The van der Waals surface area contributed by atoms with Crippen molar-refractivity contribution in [1.29, 1.82) is 0 Å². The Kier molecular flexibility index (Phi) is 9.09. The fourth-order valence-corrected chi connectivity index (χ4v) is 7.04. The van der Waals surface area contributed by atoms with E-state index in [4.69, 9.17) is 13.0 Å². The molecule has 1 fully saturated rings. The number of pyridine rings is 1. The first-order valence-electron chi connectivity index (χ1n) is 20.6. The average molecular weight is 758 g/mol. The van der Waals surface area contributed by atoms with E-state index in [2.05, 4.69) is 0 Å². The molecule has 1 aliphatic heterocycles. The number of hydrogen-bond donors (Lipinski definition) is 0. The number of rotatable bonds is 12. The second-order valence-corrected chi connectivity index (χ2v) is 13.4. The normalized spacial score (nSPS) is 16.9. The first-order chi connectivity index (χ1) is 28.6. The minimum absolute atomic E-state index is 0.0181. The van der Waals surface area contributed by atoms with Crippen LogP contribution in [0.3, 0.4) is 0 Å². The third-order valence-corrected chi connectivity index (χ3v) is 9.92. The van der Waals surface area contributed by atoms with Crippen molar-refractivity contribution in [3.05, 3.63) is 135 Å². The van der Waals surface area contributed by atoms with Gasteiger partial charge in [0.25, 0.3) is 0 Å². The average Bonchev–Trinajstić information content (AvgIpc) is 3.22. The smallest absolute Gasteiger partial charge is 0.383 e. The predicted molar refractivity (Wildman–Crippen MR) is 198 cm³/mol. The number of piperidine rings is 1. The molecule has 12 heteroatoms. The monoisotopic (exact) mass is 757 g/mol. The molecular formula is C41H40F5N3O3S. The third kappa shape index (κ3) is 9.17. The van der Waals surface area contributed by atoms with Crippen molar-refractivity contribution in [2.75, 3.05) is 33.3 Å². The molecule has 0 atom stereocenters. The number of methoxy groups -OCH3 is 1. The Morgan fingerprint density at radius 2 is 1.68 bits per heavy atom. The Balaban J connectivity index is 1.45. The van der Waals surface area contributed by atoms with Gasteiger partial charge in [-0.25, -0.2) is 8.78 Å². The first kappa shape index (κ1) is 28.9. The molecular weight excluding hydrogens is 710 g/mol. The number of nitrogens with zero attached hydrogens (tertiary/aromatic N) is 3. The van der Waals surface area contributed by atoms with Gasteiger partial charge in [-0.3, -0.25) is 9.59 Å². The number of hydrogen-bond acceptors (Lipinski definition) is 5. The number of aromatic nitrogens is 1. The van der Waals surface area contributed by atoms with Gasteiger partial charge in [-0.1, -0.05) is 60.1 Å². The van der Waals surface area contributed by atoms with Crippen LogP contribution in [0.25, 0.3) is 22.0 Å². The lowest BCUT2D eigenvalue weighted by Gasteiger charge is -2.39. The van der Waals surface area contributed by atoms with Crippen molar-refractivity contribution in [1.82, 2.24) is 14.4 Å². The van der Waals surface area contributed by atoms with Crippen LogP contribution in [0.5, 0.6) is 0 Å². The Labute approximate surface area is 320 Å². The minimum Gasteiger partial charge on any atom is -0.383 e. The molecule has 0 N–H and O–H groups in total. The van der Waals surface area contributed by atoms with Gasteiger partial charge >= 0.3 is 6.18 Å². The van der Waals surface area contributed by atoms with E-state index in [0.29, 0.717) is 22.9 Å². The van der Waals surface area contributed by atoms with E-state index in [1.165, 1.54) is 62.6 Å². The van der Waals surface area contributed by atoms with Crippen molar-refractivity contribution in [2.24, 2.45) is 0 Å². The zero-order valence-electron chi connectivity index (χ0n) is 36.7. The van der Waals surface area contributed by atoms with Gasteiger partial charge < -0.3 is 19.1 Å². The number of fused-ring (bicyclic) bond motifs is 1. The van der Waals surface area contributed by atoms with Crippen LogP contribution in [0.1, 0.15) is 46.1 Å². The molecule has 1 aliphatic rings. The molecule has 5 aromatic rings. The standard InChI is InChI=1S/C41H40F5N3O3S/c1-27-6-15-36-34(22-27)37(50)23-39(53-26-31-4-3-5-35(42)40(31)43)49(36)25-38(51)48(33-16-18-47(19-17-33)20-21-52-2)24-28-7-9-29(10-8-28)30-11-13-32(14-12-30)41(44,45)46/h3-15,22-23,33H,16-21,24-26H2,1-2H3/i6D,15D,21D2,22D,23D,24D2.